The first kappa shape index (κ1) is 15.9. The number of rotatable bonds is 2. The number of hydrogen-bond acceptors (Lipinski definition) is 2. The summed E-state index contributed by atoms with van der Waals surface area (Å²) in [5.74, 6) is 0.266. The van der Waals surface area contributed by atoms with Gasteiger partial charge in [-0.25, -0.2) is 0 Å². The molecule has 0 aliphatic heterocycles. The smallest absolute Gasteiger partial charge is 0.0791 e. The van der Waals surface area contributed by atoms with Crippen LogP contribution in [0.3, 0.4) is 0 Å². The fourth-order valence-corrected chi connectivity index (χ4v) is 5.76. The van der Waals surface area contributed by atoms with Crippen molar-refractivity contribution in [3.8, 4) is 0 Å². The van der Waals surface area contributed by atoms with Crippen molar-refractivity contribution in [2.75, 3.05) is 0 Å². The first-order valence-corrected chi connectivity index (χ1v) is 9.76. The Morgan fingerprint density at radius 2 is 1.12 bits per heavy atom. The van der Waals surface area contributed by atoms with Gasteiger partial charge in [0.15, 0.2) is 0 Å². The summed E-state index contributed by atoms with van der Waals surface area (Å²) in [5.41, 5.74) is 8.71. The van der Waals surface area contributed by atoms with E-state index in [-0.39, 0.29) is 5.92 Å². The Labute approximate surface area is 158 Å². The number of allylic oxidation sites excluding steroid dienone is 2. The van der Waals surface area contributed by atoms with Crippen LogP contribution < -0.4 is 0 Å². The van der Waals surface area contributed by atoms with Crippen LogP contribution in [0.2, 0.25) is 0 Å². The molecule has 26 heavy (non-hydrogen) atoms. The highest BCUT2D eigenvalue weighted by Crippen LogP contribution is 2.63. The quantitative estimate of drug-likeness (QED) is 0.542. The highest BCUT2D eigenvalue weighted by molar-refractivity contribution is 7.97. The van der Waals surface area contributed by atoms with E-state index >= 15 is 0 Å². The minimum absolute atomic E-state index is 0.266. The van der Waals surface area contributed by atoms with Gasteiger partial charge in [-0.2, -0.15) is 0 Å². The van der Waals surface area contributed by atoms with Crippen molar-refractivity contribution < 1.29 is 4.55 Å². The summed E-state index contributed by atoms with van der Waals surface area (Å²) in [6.45, 7) is 4.20. The zero-order valence-electron chi connectivity index (χ0n) is 14.9. The molecule has 128 valence electrons. The van der Waals surface area contributed by atoms with E-state index in [0.29, 0.717) is 0 Å². The second-order valence-electron chi connectivity index (χ2n) is 7.37. The molecule has 3 aliphatic carbocycles. The molecule has 0 spiro atoms. The van der Waals surface area contributed by atoms with Crippen LogP contribution in [-0.2, 0) is 5.41 Å². The van der Waals surface area contributed by atoms with Gasteiger partial charge in [0, 0.05) is 22.9 Å². The van der Waals surface area contributed by atoms with E-state index in [1.807, 2.05) is 0 Å². The fourth-order valence-electron chi connectivity index (χ4n) is 5.11. The fraction of sp³-hybridized carbons (Fsp3) is 0.167. The molecule has 0 atom stereocenters. The number of hydrogen-bond donors (Lipinski definition) is 1. The molecule has 0 radical (unpaired) electrons. The van der Waals surface area contributed by atoms with E-state index in [2.05, 4.69) is 86.6 Å². The third-order valence-corrected chi connectivity index (χ3v) is 6.81. The third-order valence-electron chi connectivity index (χ3n) is 5.91. The molecular formula is C24H20OS. The molecule has 0 fully saturated rings. The van der Waals surface area contributed by atoms with Crippen LogP contribution in [0.4, 0.5) is 0 Å². The van der Waals surface area contributed by atoms with Gasteiger partial charge in [-0.15, -0.1) is 0 Å². The zero-order chi connectivity index (χ0) is 17.9. The maximum Gasteiger partial charge on any atom is 0.0791 e. The SMILES string of the molecule is CC(C)=C(SO)C12c3ccccc3C(c3ccccc31)c1ccccc12. The zero-order valence-corrected chi connectivity index (χ0v) is 15.7. The molecule has 0 unspecified atom stereocenters. The summed E-state index contributed by atoms with van der Waals surface area (Å²) in [7, 11) is 0. The lowest BCUT2D eigenvalue weighted by Gasteiger charge is -2.51. The van der Waals surface area contributed by atoms with E-state index in [9.17, 15) is 4.55 Å². The molecule has 0 saturated heterocycles. The van der Waals surface area contributed by atoms with Crippen molar-refractivity contribution in [3.63, 3.8) is 0 Å². The van der Waals surface area contributed by atoms with Gasteiger partial charge in [0.05, 0.1) is 5.41 Å². The highest BCUT2D eigenvalue weighted by Gasteiger charge is 2.53. The van der Waals surface area contributed by atoms with Gasteiger partial charge in [0.1, 0.15) is 0 Å². The van der Waals surface area contributed by atoms with Gasteiger partial charge in [-0.3, -0.25) is 0 Å². The van der Waals surface area contributed by atoms with Gasteiger partial charge in [-0.05, 0) is 47.2 Å². The highest BCUT2D eigenvalue weighted by atomic mass is 32.2. The largest absolute Gasteiger partial charge is 0.326 e. The monoisotopic (exact) mass is 356 g/mol. The molecule has 0 heterocycles. The summed E-state index contributed by atoms with van der Waals surface area (Å²) in [6.07, 6.45) is 0. The van der Waals surface area contributed by atoms with Crippen LogP contribution in [-0.4, -0.2) is 4.55 Å². The van der Waals surface area contributed by atoms with Crippen molar-refractivity contribution in [1.29, 1.82) is 0 Å². The summed E-state index contributed by atoms with van der Waals surface area (Å²) in [5, 5.41) is 0. The van der Waals surface area contributed by atoms with Crippen LogP contribution in [0.1, 0.15) is 53.1 Å². The molecule has 2 heteroatoms. The van der Waals surface area contributed by atoms with E-state index in [0.717, 1.165) is 22.5 Å². The minimum atomic E-state index is -0.434. The van der Waals surface area contributed by atoms with Gasteiger partial charge < -0.3 is 4.55 Å². The second-order valence-corrected chi connectivity index (χ2v) is 7.96. The van der Waals surface area contributed by atoms with Crippen LogP contribution in [0.5, 0.6) is 0 Å². The van der Waals surface area contributed by atoms with Crippen molar-refractivity contribution in [3.05, 3.63) is 117 Å². The Hall–Kier alpha value is -2.29. The van der Waals surface area contributed by atoms with Gasteiger partial charge in [0.2, 0.25) is 0 Å². The predicted molar refractivity (Wildman–Crippen MR) is 109 cm³/mol. The molecule has 2 bridgehead atoms. The molecule has 0 saturated carbocycles. The van der Waals surface area contributed by atoms with Crippen molar-refractivity contribution in [2.24, 2.45) is 0 Å². The summed E-state index contributed by atoms with van der Waals surface area (Å²) >= 11 is 0.903. The Balaban J connectivity index is 2.05. The molecular weight excluding hydrogens is 336 g/mol. The van der Waals surface area contributed by atoms with E-state index in [4.69, 9.17) is 0 Å². The Kier molecular flexibility index (Phi) is 3.43. The lowest BCUT2D eigenvalue weighted by molar-refractivity contribution is 0.617. The molecule has 0 aromatic heterocycles. The predicted octanol–water partition coefficient (Wildman–Crippen LogP) is 6.33. The standard InChI is InChI=1S/C24H20OS/c1-15(2)23(26-25)24-19-12-6-3-9-16(19)22(17-10-4-7-13-20(17)24)18-11-5-8-14-21(18)24/h3-14,22,25H,1-2H3. The summed E-state index contributed by atoms with van der Waals surface area (Å²) < 4.78 is 10.4. The second kappa shape index (κ2) is 5.60. The average Bonchev–Trinajstić information content (AvgIpc) is 2.68. The van der Waals surface area contributed by atoms with Crippen molar-refractivity contribution in [1.82, 2.24) is 0 Å². The maximum atomic E-state index is 10.4. The lowest BCUT2D eigenvalue weighted by Crippen LogP contribution is -2.43. The van der Waals surface area contributed by atoms with E-state index < -0.39 is 5.41 Å². The maximum absolute atomic E-state index is 10.4. The van der Waals surface area contributed by atoms with Gasteiger partial charge in [-0.1, -0.05) is 78.4 Å². The number of benzene rings is 3. The van der Waals surface area contributed by atoms with E-state index in [1.165, 1.54) is 33.4 Å². The van der Waals surface area contributed by atoms with E-state index in [1.54, 1.807) is 0 Å². The minimum Gasteiger partial charge on any atom is -0.326 e. The molecule has 3 aliphatic rings. The Morgan fingerprint density at radius 3 is 1.46 bits per heavy atom. The molecule has 1 N–H and O–H groups in total. The Bertz CT molecular complexity index is 943. The lowest BCUT2D eigenvalue weighted by atomic mass is 9.52. The normalized spacial score (nSPS) is 21.6. The molecule has 3 aromatic rings. The van der Waals surface area contributed by atoms with Crippen molar-refractivity contribution >= 4 is 12.0 Å². The third kappa shape index (κ3) is 1.76. The first-order chi connectivity index (χ1) is 12.7. The van der Waals surface area contributed by atoms with Crippen LogP contribution >= 0.6 is 12.0 Å². The average molecular weight is 356 g/mol. The summed E-state index contributed by atoms with van der Waals surface area (Å²) in [6, 6.07) is 26.3. The Morgan fingerprint density at radius 1 is 0.731 bits per heavy atom. The molecule has 0 amide bonds. The van der Waals surface area contributed by atoms with Crippen LogP contribution in [0, 0.1) is 0 Å². The van der Waals surface area contributed by atoms with Gasteiger partial charge >= 0.3 is 0 Å². The first-order valence-electron chi connectivity index (χ1n) is 8.98. The van der Waals surface area contributed by atoms with Gasteiger partial charge in [0.25, 0.3) is 0 Å². The topological polar surface area (TPSA) is 20.2 Å². The molecule has 6 rings (SSSR count). The summed E-state index contributed by atoms with van der Waals surface area (Å²) in [4.78, 5) is 1.02. The van der Waals surface area contributed by atoms with Crippen molar-refractivity contribution in [2.45, 2.75) is 25.2 Å². The van der Waals surface area contributed by atoms with Crippen LogP contribution in [0.25, 0.3) is 0 Å². The molecule has 3 aromatic carbocycles. The molecule has 1 nitrogen and oxygen atoms in total. The van der Waals surface area contributed by atoms with Crippen LogP contribution in [0.15, 0.2) is 83.3 Å².